The van der Waals surface area contributed by atoms with Crippen molar-refractivity contribution in [2.75, 3.05) is 0 Å². The lowest BCUT2D eigenvalue weighted by molar-refractivity contribution is 0.458. The van der Waals surface area contributed by atoms with Crippen LogP contribution < -0.4 is 0 Å². The summed E-state index contributed by atoms with van der Waals surface area (Å²) in [6.07, 6.45) is 7.11. The van der Waals surface area contributed by atoms with E-state index in [1.807, 2.05) is 26.0 Å². The molecule has 0 aromatic heterocycles. The summed E-state index contributed by atoms with van der Waals surface area (Å²) in [5, 5.41) is 19.2. The van der Waals surface area contributed by atoms with Gasteiger partial charge >= 0.3 is 0 Å². The molecule has 0 aliphatic carbocycles. The average molecular weight is 190 g/mol. The highest BCUT2D eigenvalue weighted by Crippen LogP contribution is 2.28. The zero-order valence-corrected chi connectivity index (χ0v) is 8.36. The monoisotopic (exact) mass is 190 g/mol. The molecule has 0 bridgehead atoms. The number of hydrogen-bond donors (Lipinski definition) is 2. The molecule has 0 fully saturated rings. The van der Waals surface area contributed by atoms with Crippen LogP contribution in [0, 0.1) is 0 Å². The fourth-order valence-electron chi connectivity index (χ4n) is 1.24. The number of rotatable bonds is 2. The molecule has 1 rings (SSSR count). The minimum atomic E-state index is 0.175. The van der Waals surface area contributed by atoms with E-state index in [1.54, 1.807) is 24.3 Å². The number of phenolic OH excluding ortho intramolecular Hbond substituents is 2. The highest BCUT2D eigenvalue weighted by molar-refractivity contribution is 5.67. The van der Waals surface area contributed by atoms with Gasteiger partial charge in [0.25, 0.3) is 0 Å². The summed E-state index contributed by atoms with van der Waals surface area (Å²) >= 11 is 0. The summed E-state index contributed by atoms with van der Waals surface area (Å²) < 4.78 is 0. The molecule has 0 saturated heterocycles. The van der Waals surface area contributed by atoms with Gasteiger partial charge in [-0.2, -0.15) is 0 Å². The normalized spacial score (nSPS) is 11.6. The summed E-state index contributed by atoms with van der Waals surface area (Å²) in [5.41, 5.74) is 1.25. The van der Waals surface area contributed by atoms with Gasteiger partial charge in [0.1, 0.15) is 11.5 Å². The van der Waals surface area contributed by atoms with E-state index in [0.717, 1.165) is 0 Å². The van der Waals surface area contributed by atoms with Crippen molar-refractivity contribution >= 4 is 12.2 Å². The molecule has 0 aliphatic rings. The van der Waals surface area contributed by atoms with Crippen LogP contribution in [0.15, 0.2) is 24.3 Å². The first-order valence-electron chi connectivity index (χ1n) is 4.50. The molecule has 0 amide bonds. The van der Waals surface area contributed by atoms with Crippen LogP contribution >= 0.6 is 0 Å². The molecule has 0 radical (unpaired) electrons. The molecule has 1 aromatic carbocycles. The first-order valence-corrected chi connectivity index (χ1v) is 4.50. The quantitative estimate of drug-likeness (QED) is 0.703. The first-order chi connectivity index (χ1) is 6.69. The Bertz CT molecular complexity index is 338. The summed E-state index contributed by atoms with van der Waals surface area (Å²) in [6, 6.07) is 3.09. The maximum Gasteiger partial charge on any atom is 0.123 e. The van der Waals surface area contributed by atoms with E-state index in [-0.39, 0.29) is 11.5 Å². The predicted octanol–water partition coefficient (Wildman–Crippen LogP) is 3.16. The van der Waals surface area contributed by atoms with Gasteiger partial charge in [0, 0.05) is 11.1 Å². The van der Waals surface area contributed by atoms with Gasteiger partial charge < -0.3 is 10.2 Å². The second kappa shape index (κ2) is 4.51. The molecule has 14 heavy (non-hydrogen) atoms. The summed E-state index contributed by atoms with van der Waals surface area (Å²) in [4.78, 5) is 0. The van der Waals surface area contributed by atoms with E-state index in [9.17, 15) is 10.2 Å². The Hall–Kier alpha value is -1.70. The minimum Gasteiger partial charge on any atom is -0.507 e. The lowest BCUT2D eigenvalue weighted by Gasteiger charge is -2.03. The molecule has 2 nitrogen and oxygen atoms in total. The molecule has 0 saturated carbocycles. The van der Waals surface area contributed by atoms with Gasteiger partial charge in [-0.25, -0.2) is 0 Å². The number of allylic oxidation sites excluding steroid dienone is 2. The standard InChI is InChI=1S/C12H14O2/c1-3-5-9-7-12(14)10(6-4-2)8-11(9)13/h3-8,13-14H,1-2H3/b5-3+,6-4+. The van der Waals surface area contributed by atoms with Crippen molar-refractivity contribution in [2.24, 2.45) is 0 Å². The van der Waals surface area contributed by atoms with Crippen LogP contribution in [0.25, 0.3) is 12.2 Å². The topological polar surface area (TPSA) is 40.5 Å². The third-order valence-electron chi connectivity index (χ3n) is 1.87. The Morgan fingerprint density at radius 1 is 0.857 bits per heavy atom. The maximum atomic E-state index is 9.58. The van der Waals surface area contributed by atoms with Crippen molar-refractivity contribution in [3.05, 3.63) is 35.4 Å². The zero-order valence-electron chi connectivity index (χ0n) is 8.36. The van der Waals surface area contributed by atoms with Crippen molar-refractivity contribution in [3.63, 3.8) is 0 Å². The molecule has 0 aliphatic heterocycles. The largest absolute Gasteiger partial charge is 0.507 e. The second-order valence-electron chi connectivity index (χ2n) is 2.97. The molecule has 1 aromatic rings. The highest BCUT2D eigenvalue weighted by Gasteiger charge is 2.03. The second-order valence-corrected chi connectivity index (χ2v) is 2.97. The molecule has 0 unspecified atom stereocenters. The highest BCUT2D eigenvalue weighted by atomic mass is 16.3. The van der Waals surface area contributed by atoms with Gasteiger partial charge in [-0.3, -0.25) is 0 Å². The van der Waals surface area contributed by atoms with Gasteiger partial charge in [0.15, 0.2) is 0 Å². The first kappa shape index (κ1) is 10.4. The Kier molecular flexibility index (Phi) is 3.35. The molecule has 0 heterocycles. The van der Waals surface area contributed by atoms with Crippen LogP contribution in [0.2, 0.25) is 0 Å². The van der Waals surface area contributed by atoms with E-state index in [2.05, 4.69) is 0 Å². The third kappa shape index (κ3) is 2.16. The Morgan fingerprint density at radius 3 is 1.50 bits per heavy atom. The van der Waals surface area contributed by atoms with Gasteiger partial charge in [0.2, 0.25) is 0 Å². The predicted molar refractivity (Wildman–Crippen MR) is 59.2 cm³/mol. The number of aromatic hydroxyl groups is 2. The SMILES string of the molecule is C/C=C/c1cc(O)c(/C=C/C)cc1O. The van der Waals surface area contributed by atoms with E-state index in [1.165, 1.54) is 0 Å². The summed E-state index contributed by atoms with van der Waals surface area (Å²) in [5.74, 6) is 0.350. The van der Waals surface area contributed by atoms with Crippen LogP contribution in [0.5, 0.6) is 11.5 Å². The summed E-state index contributed by atoms with van der Waals surface area (Å²) in [6.45, 7) is 3.71. The number of phenols is 2. The fourth-order valence-corrected chi connectivity index (χ4v) is 1.24. The number of benzene rings is 1. The Morgan fingerprint density at radius 2 is 1.21 bits per heavy atom. The molecule has 2 N–H and O–H groups in total. The van der Waals surface area contributed by atoms with Crippen molar-refractivity contribution in [1.82, 2.24) is 0 Å². The molecular weight excluding hydrogens is 176 g/mol. The van der Waals surface area contributed by atoms with Crippen molar-refractivity contribution in [3.8, 4) is 11.5 Å². The fraction of sp³-hybridized carbons (Fsp3) is 0.167. The summed E-state index contributed by atoms with van der Waals surface area (Å²) in [7, 11) is 0. The van der Waals surface area contributed by atoms with E-state index < -0.39 is 0 Å². The van der Waals surface area contributed by atoms with Gasteiger partial charge in [-0.05, 0) is 26.0 Å². The smallest absolute Gasteiger partial charge is 0.123 e. The molecular formula is C12H14O2. The molecule has 74 valence electrons. The zero-order chi connectivity index (χ0) is 10.6. The lowest BCUT2D eigenvalue weighted by atomic mass is 10.1. The molecule has 0 spiro atoms. The average Bonchev–Trinajstić information content (AvgIpc) is 2.14. The van der Waals surface area contributed by atoms with E-state index in [0.29, 0.717) is 11.1 Å². The number of hydrogen-bond acceptors (Lipinski definition) is 2. The van der Waals surface area contributed by atoms with Crippen LogP contribution in [0.1, 0.15) is 25.0 Å². The molecule has 0 atom stereocenters. The van der Waals surface area contributed by atoms with Crippen molar-refractivity contribution in [2.45, 2.75) is 13.8 Å². The Balaban J connectivity index is 3.23. The molecule has 2 heteroatoms. The van der Waals surface area contributed by atoms with Gasteiger partial charge in [-0.15, -0.1) is 0 Å². The van der Waals surface area contributed by atoms with Crippen molar-refractivity contribution < 1.29 is 10.2 Å². The van der Waals surface area contributed by atoms with E-state index in [4.69, 9.17) is 0 Å². The van der Waals surface area contributed by atoms with Crippen LogP contribution in [-0.2, 0) is 0 Å². The minimum absolute atomic E-state index is 0.175. The lowest BCUT2D eigenvalue weighted by Crippen LogP contribution is -1.79. The Labute approximate surface area is 83.8 Å². The van der Waals surface area contributed by atoms with Crippen LogP contribution in [0.4, 0.5) is 0 Å². The van der Waals surface area contributed by atoms with Crippen LogP contribution in [0.3, 0.4) is 0 Å². The van der Waals surface area contributed by atoms with Gasteiger partial charge in [-0.1, -0.05) is 24.3 Å². The van der Waals surface area contributed by atoms with Crippen molar-refractivity contribution in [1.29, 1.82) is 0 Å². The third-order valence-corrected chi connectivity index (χ3v) is 1.87. The van der Waals surface area contributed by atoms with Crippen LogP contribution in [-0.4, -0.2) is 10.2 Å². The van der Waals surface area contributed by atoms with Gasteiger partial charge in [0.05, 0.1) is 0 Å². The van der Waals surface area contributed by atoms with E-state index >= 15 is 0 Å². The maximum absolute atomic E-state index is 9.58.